The van der Waals surface area contributed by atoms with Gasteiger partial charge >= 0.3 is 0 Å². The molecule has 3 heterocycles. The monoisotopic (exact) mass is 484 g/mol. The van der Waals surface area contributed by atoms with E-state index in [2.05, 4.69) is 10.2 Å². The van der Waals surface area contributed by atoms with E-state index < -0.39 is 21.8 Å². The number of hydrogen-bond acceptors (Lipinski definition) is 6. The molecule has 31 heavy (non-hydrogen) atoms. The van der Waals surface area contributed by atoms with Gasteiger partial charge < -0.3 is 16.0 Å². The van der Waals surface area contributed by atoms with Gasteiger partial charge in [-0.3, -0.25) is 9.59 Å². The fourth-order valence-electron chi connectivity index (χ4n) is 3.91. The number of likely N-dealkylation sites (N-methyl/N-ethyl adjacent to an activating group) is 1. The molecule has 1 aromatic heterocycles. The molecule has 2 amide bonds. The molecule has 2 aliphatic rings. The number of nitrogens with two attached hydrogens (primary N) is 1. The summed E-state index contributed by atoms with van der Waals surface area (Å²) in [7, 11) is -1.52. The maximum atomic E-state index is 12.8. The summed E-state index contributed by atoms with van der Waals surface area (Å²) >= 11 is 1.36. The van der Waals surface area contributed by atoms with Crippen LogP contribution in [0.25, 0.3) is 0 Å². The van der Waals surface area contributed by atoms with E-state index >= 15 is 0 Å². The van der Waals surface area contributed by atoms with Gasteiger partial charge in [-0.05, 0) is 56.1 Å². The topological polar surface area (TPSA) is 113 Å². The number of carbonyl (C=O) groups excluding carboxylic acids is 2. The lowest BCUT2D eigenvalue weighted by Crippen LogP contribution is -2.27. The second-order valence-electron chi connectivity index (χ2n) is 7.65. The SMILES string of the molecule is CN1CCc2c(sc(NC(=O)c3ccc(S(=O)(=O)N4CCCC4)cc3)c2C(N)=O)C1.Cl. The average Bonchev–Trinajstić information content (AvgIpc) is 3.36. The minimum atomic E-state index is -3.53. The van der Waals surface area contributed by atoms with Gasteiger partial charge in [-0.2, -0.15) is 4.31 Å². The Labute approximate surface area is 191 Å². The van der Waals surface area contributed by atoms with Gasteiger partial charge in [0, 0.05) is 36.6 Å². The van der Waals surface area contributed by atoms with E-state index in [1.54, 1.807) is 0 Å². The predicted molar refractivity (Wildman–Crippen MR) is 123 cm³/mol. The third-order valence-corrected chi connectivity index (χ3v) is 8.59. The molecule has 0 atom stereocenters. The maximum absolute atomic E-state index is 12.8. The second-order valence-corrected chi connectivity index (χ2v) is 10.7. The first-order chi connectivity index (χ1) is 14.3. The number of sulfonamides is 1. The number of primary amides is 1. The number of rotatable bonds is 5. The van der Waals surface area contributed by atoms with E-state index in [1.807, 2.05) is 7.05 Å². The van der Waals surface area contributed by atoms with Crippen molar-refractivity contribution in [2.24, 2.45) is 5.73 Å². The first-order valence-corrected chi connectivity index (χ1v) is 12.1. The molecule has 1 aromatic carbocycles. The number of anilines is 1. The molecule has 168 valence electrons. The van der Waals surface area contributed by atoms with E-state index in [-0.39, 0.29) is 17.3 Å². The van der Waals surface area contributed by atoms with Gasteiger partial charge in [0.15, 0.2) is 0 Å². The molecular weight excluding hydrogens is 460 g/mol. The quantitative estimate of drug-likeness (QED) is 0.676. The molecule has 0 unspecified atom stereocenters. The van der Waals surface area contributed by atoms with Crippen molar-refractivity contribution in [2.75, 3.05) is 32.0 Å². The lowest BCUT2D eigenvalue weighted by Gasteiger charge is -2.22. The molecule has 4 rings (SSSR count). The van der Waals surface area contributed by atoms with Gasteiger partial charge in [0.05, 0.1) is 10.5 Å². The van der Waals surface area contributed by atoms with Gasteiger partial charge in [0.1, 0.15) is 5.00 Å². The van der Waals surface area contributed by atoms with Crippen molar-refractivity contribution in [3.63, 3.8) is 0 Å². The Hall–Kier alpha value is -1.98. The molecule has 1 saturated heterocycles. The highest BCUT2D eigenvalue weighted by Crippen LogP contribution is 2.36. The molecule has 0 bridgehead atoms. The van der Waals surface area contributed by atoms with Gasteiger partial charge in [0.25, 0.3) is 11.8 Å². The van der Waals surface area contributed by atoms with Crippen LogP contribution < -0.4 is 11.1 Å². The standard InChI is InChI=1S/C20H24N4O4S2.ClH/c1-23-11-8-15-16(12-23)29-20(17(15)18(21)25)22-19(26)13-4-6-14(7-5-13)30(27,28)24-9-2-3-10-24;/h4-7H,2-3,8-12H2,1H3,(H2,21,25)(H,22,26);1H. The summed E-state index contributed by atoms with van der Waals surface area (Å²) in [5.74, 6) is -0.964. The maximum Gasteiger partial charge on any atom is 0.256 e. The normalized spacial score (nSPS) is 17.1. The van der Waals surface area contributed by atoms with Gasteiger partial charge in [-0.1, -0.05) is 0 Å². The number of hydrogen-bond donors (Lipinski definition) is 2. The van der Waals surface area contributed by atoms with E-state index in [0.29, 0.717) is 42.2 Å². The van der Waals surface area contributed by atoms with Crippen LogP contribution in [0.15, 0.2) is 29.2 Å². The number of carbonyl (C=O) groups is 2. The van der Waals surface area contributed by atoms with Crippen molar-refractivity contribution in [1.82, 2.24) is 9.21 Å². The molecule has 0 saturated carbocycles. The summed E-state index contributed by atoms with van der Waals surface area (Å²) in [6.45, 7) is 2.58. The van der Waals surface area contributed by atoms with E-state index in [1.165, 1.54) is 39.9 Å². The summed E-state index contributed by atoms with van der Waals surface area (Å²) in [5.41, 5.74) is 7.19. The minimum absolute atomic E-state index is 0. The summed E-state index contributed by atoms with van der Waals surface area (Å²) < 4.78 is 26.7. The van der Waals surface area contributed by atoms with Gasteiger partial charge in [-0.25, -0.2) is 8.42 Å². The van der Waals surface area contributed by atoms with Gasteiger partial charge in [0.2, 0.25) is 10.0 Å². The fraction of sp³-hybridized carbons (Fsp3) is 0.400. The van der Waals surface area contributed by atoms with Crippen LogP contribution in [0.2, 0.25) is 0 Å². The molecule has 2 aromatic rings. The van der Waals surface area contributed by atoms with Crippen LogP contribution in [0.4, 0.5) is 5.00 Å². The van der Waals surface area contributed by atoms with Crippen molar-refractivity contribution >= 4 is 50.6 Å². The number of benzene rings is 1. The molecule has 8 nitrogen and oxygen atoms in total. The highest BCUT2D eigenvalue weighted by atomic mass is 35.5. The molecule has 0 aliphatic carbocycles. The Morgan fingerprint density at radius 3 is 2.35 bits per heavy atom. The Kier molecular flexibility index (Phi) is 7.07. The number of nitrogens with one attached hydrogen (secondary N) is 1. The number of amides is 2. The minimum Gasteiger partial charge on any atom is -0.365 e. The van der Waals surface area contributed by atoms with E-state index in [9.17, 15) is 18.0 Å². The van der Waals surface area contributed by atoms with E-state index in [4.69, 9.17) is 5.73 Å². The second kappa shape index (κ2) is 9.25. The lowest BCUT2D eigenvalue weighted by atomic mass is 10.0. The smallest absolute Gasteiger partial charge is 0.256 e. The summed E-state index contributed by atoms with van der Waals surface area (Å²) in [5, 5.41) is 3.24. The zero-order valence-electron chi connectivity index (χ0n) is 17.1. The predicted octanol–water partition coefficient (Wildman–Crippen LogP) is 2.29. The summed E-state index contributed by atoms with van der Waals surface area (Å²) in [4.78, 5) is 28.1. The Morgan fingerprint density at radius 1 is 1.10 bits per heavy atom. The molecule has 0 spiro atoms. The summed E-state index contributed by atoms with van der Waals surface area (Å²) in [6, 6.07) is 5.88. The molecule has 11 heteroatoms. The van der Waals surface area contributed by atoms with Crippen LogP contribution in [-0.4, -0.2) is 56.1 Å². The largest absolute Gasteiger partial charge is 0.365 e. The third kappa shape index (κ3) is 4.63. The van der Waals surface area contributed by atoms with Crippen molar-refractivity contribution in [2.45, 2.75) is 30.7 Å². The lowest BCUT2D eigenvalue weighted by molar-refractivity contribution is 0.1000. The number of fused-ring (bicyclic) bond motifs is 1. The van der Waals surface area contributed by atoms with Crippen molar-refractivity contribution in [3.05, 3.63) is 45.8 Å². The molecular formula is C20H25ClN4O4S2. The Balaban J connectivity index is 0.00000272. The van der Waals surface area contributed by atoms with Crippen LogP contribution in [-0.2, 0) is 23.0 Å². The van der Waals surface area contributed by atoms with Crippen molar-refractivity contribution in [3.8, 4) is 0 Å². The van der Waals surface area contributed by atoms with E-state index in [0.717, 1.165) is 29.8 Å². The molecule has 0 radical (unpaired) electrons. The molecule has 2 aliphatic heterocycles. The highest BCUT2D eigenvalue weighted by molar-refractivity contribution is 7.89. The highest BCUT2D eigenvalue weighted by Gasteiger charge is 2.28. The molecule has 1 fully saturated rings. The molecule has 3 N–H and O–H groups in total. The zero-order chi connectivity index (χ0) is 21.5. The van der Waals surface area contributed by atoms with Crippen LogP contribution >= 0.6 is 23.7 Å². The first kappa shape index (κ1) is 23.7. The van der Waals surface area contributed by atoms with Crippen molar-refractivity contribution in [1.29, 1.82) is 0 Å². The Morgan fingerprint density at radius 2 is 1.74 bits per heavy atom. The Bertz CT molecular complexity index is 1090. The fourth-order valence-corrected chi connectivity index (χ4v) is 6.76. The third-order valence-electron chi connectivity index (χ3n) is 5.54. The number of thiophene rings is 1. The van der Waals surface area contributed by atoms with Crippen LogP contribution in [0.5, 0.6) is 0 Å². The van der Waals surface area contributed by atoms with Crippen molar-refractivity contribution < 1.29 is 18.0 Å². The average molecular weight is 485 g/mol. The zero-order valence-corrected chi connectivity index (χ0v) is 19.5. The van der Waals surface area contributed by atoms with Crippen LogP contribution in [0, 0.1) is 0 Å². The summed E-state index contributed by atoms with van der Waals surface area (Å²) in [6.07, 6.45) is 2.44. The number of nitrogens with zero attached hydrogens (tertiary/aromatic N) is 2. The van der Waals surface area contributed by atoms with Gasteiger partial charge in [-0.15, -0.1) is 23.7 Å². The van der Waals surface area contributed by atoms with Crippen LogP contribution in [0.3, 0.4) is 0 Å². The van der Waals surface area contributed by atoms with Crippen LogP contribution in [0.1, 0.15) is 44.0 Å². The number of halogens is 1. The first-order valence-electron chi connectivity index (χ1n) is 9.82.